The molecule has 0 aliphatic carbocycles. The zero-order chi connectivity index (χ0) is 13.8. The van der Waals surface area contributed by atoms with Crippen LogP contribution in [0.25, 0.3) is 0 Å². The number of carbonyl (C=O) groups excluding carboxylic acids is 2. The lowest BCUT2D eigenvalue weighted by molar-refractivity contribution is -0.137. The number of aliphatic hydroxyl groups excluding tert-OH is 1. The topological polar surface area (TPSA) is 60.9 Å². The van der Waals surface area contributed by atoms with Crippen LogP contribution in [0.5, 0.6) is 0 Å². The summed E-state index contributed by atoms with van der Waals surface area (Å²) in [4.78, 5) is 27.0. The molecule has 0 saturated carbocycles. The smallest absolute Gasteiger partial charge is 0.246 e. The molecule has 1 saturated heterocycles. The Kier molecular flexibility index (Phi) is 4.16. The van der Waals surface area contributed by atoms with Crippen LogP contribution < -0.4 is 4.90 Å². The molecule has 0 unspecified atom stereocenters. The van der Waals surface area contributed by atoms with Gasteiger partial charge in [-0.2, -0.15) is 0 Å². The second-order valence-electron chi connectivity index (χ2n) is 4.62. The fourth-order valence-corrected chi connectivity index (χ4v) is 2.26. The number of hydrogen-bond donors (Lipinski definition) is 1. The SMILES string of the molecule is Cc1ccccc1N1CCN(C(=O)CCO)CC1=O. The third kappa shape index (κ3) is 2.93. The van der Waals surface area contributed by atoms with Crippen LogP contribution in [0.15, 0.2) is 24.3 Å². The largest absolute Gasteiger partial charge is 0.396 e. The lowest BCUT2D eigenvalue weighted by Gasteiger charge is -2.35. The van der Waals surface area contributed by atoms with E-state index in [1.165, 1.54) is 4.90 Å². The zero-order valence-corrected chi connectivity index (χ0v) is 11.0. The second-order valence-corrected chi connectivity index (χ2v) is 4.62. The van der Waals surface area contributed by atoms with Crippen LogP contribution in [0, 0.1) is 6.92 Å². The number of para-hydroxylation sites is 1. The van der Waals surface area contributed by atoms with Crippen LogP contribution in [0.1, 0.15) is 12.0 Å². The van der Waals surface area contributed by atoms with Crippen molar-refractivity contribution in [2.75, 3.05) is 31.1 Å². The van der Waals surface area contributed by atoms with Crippen molar-refractivity contribution in [3.63, 3.8) is 0 Å². The van der Waals surface area contributed by atoms with Gasteiger partial charge in [-0.05, 0) is 18.6 Å². The number of benzene rings is 1. The molecule has 5 nitrogen and oxygen atoms in total. The molecule has 1 aromatic rings. The van der Waals surface area contributed by atoms with E-state index in [0.717, 1.165) is 11.3 Å². The number of piperazine rings is 1. The highest BCUT2D eigenvalue weighted by molar-refractivity contribution is 5.98. The summed E-state index contributed by atoms with van der Waals surface area (Å²) >= 11 is 0. The van der Waals surface area contributed by atoms with Crippen molar-refractivity contribution in [3.8, 4) is 0 Å². The first-order valence-electron chi connectivity index (χ1n) is 6.38. The molecule has 0 spiro atoms. The van der Waals surface area contributed by atoms with Gasteiger partial charge in [-0.25, -0.2) is 0 Å². The number of rotatable bonds is 3. The summed E-state index contributed by atoms with van der Waals surface area (Å²) in [6.07, 6.45) is 0.0810. The Balaban J connectivity index is 2.08. The fraction of sp³-hybridized carbons (Fsp3) is 0.429. The van der Waals surface area contributed by atoms with Gasteiger partial charge in [0.1, 0.15) is 6.54 Å². The highest BCUT2D eigenvalue weighted by Gasteiger charge is 2.28. The van der Waals surface area contributed by atoms with Crippen molar-refractivity contribution < 1.29 is 14.7 Å². The number of anilines is 1. The summed E-state index contributed by atoms with van der Waals surface area (Å²) in [5.41, 5.74) is 1.95. The van der Waals surface area contributed by atoms with Crippen LogP contribution in [0.2, 0.25) is 0 Å². The first-order valence-corrected chi connectivity index (χ1v) is 6.38. The van der Waals surface area contributed by atoms with Crippen molar-refractivity contribution in [1.29, 1.82) is 0 Å². The number of aliphatic hydroxyl groups is 1. The Hall–Kier alpha value is -1.88. The van der Waals surface area contributed by atoms with Crippen molar-refractivity contribution in [1.82, 2.24) is 4.90 Å². The summed E-state index contributed by atoms with van der Waals surface area (Å²) in [5, 5.41) is 8.76. The van der Waals surface area contributed by atoms with Gasteiger partial charge in [0.15, 0.2) is 0 Å². The fourth-order valence-electron chi connectivity index (χ4n) is 2.26. The summed E-state index contributed by atoms with van der Waals surface area (Å²) in [5.74, 6) is -0.243. The molecule has 1 N–H and O–H groups in total. The van der Waals surface area contributed by atoms with Crippen molar-refractivity contribution in [3.05, 3.63) is 29.8 Å². The third-order valence-electron chi connectivity index (χ3n) is 3.31. The summed E-state index contributed by atoms with van der Waals surface area (Å²) in [6.45, 7) is 2.89. The van der Waals surface area contributed by atoms with Gasteiger partial charge in [-0.1, -0.05) is 18.2 Å². The Bertz CT molecular complexity index is 487. The molecule has 19 heavy (non-hydrogen) atoms. The standard InChI is InChI=1S/C14H18N2O3/c1-11-4-2-3-5-12(11)16-8-7-15(10-14(16)19)13(18)6-9-17/h2-5,17H,6-10H2,1H3. The minimum absolute atomic E-state index is 0.0770. The molecular weight excluding hydrogens is 244 g/mol. The molecule has 1 heterocycles. The number of hydrogen-bond acceptors (Lipinski definition) is 3. The zero-order valence-electron chi connectivity index (χ0n) is 11.0. The van der Waals surface area contributed by atoms with Gasteiger partial charge >= 0.3 is 0 Å². The van der Waals surface area contributed by atoms with E-state index in [0.29, 0.717) is 13.1 Å². The molecule has 0 bridgehead atoms. The van der Waals surface area contributed by atoms with E-state index in [2.05, 4.69) is 0 Å². The van der Waals surface area contributed by atoms with E-state index in [1.807, 2.05) is 31.2 Å². The predicted molar refractivity (Wildman–Crippen MR) is 71.8 cm³/mol. The minimum Gasteiger partial charge on any atom is -0.396 e. The first-order chi connectivity index (χ1) is 9.13. The summed E-state index contributed by atoms with van der Waals surface area (Å²) < 4.78 is 0. The average molecular weight is 262 g/mol. The van der Waals surface area contributed by atoms with Crippen molar-refractivity contribution in [2.45, 2.75) is 13.3 Å². The number of carbonyl (C=O) groups is 2. The van der Waals surface area contributed by atoms with Gasteiger partial charge in [0, 0.05) is 25.2 Å². The Morgan fingerprint density at radius 3 is 2.68 bits per heavy atom. The van der Waals surface area contributed by atoms with Crippen LogP contribution in [-0.2, 0) is 9.59 Å². The van der Waals surface area contributed by atoms with E-state index in [-0.39, 0.29) is 31.4 Å². The van der Waals surface area contributed by atoms with Crippen LogP contribution in [0.4, 0.5) is 5.69 Å². The maximum absolute atomic E-state index is 12.1. The number of amides is 2. The normalized spacial score (nSPS) is 15.8. The van der Waals surface area contributed by atoms with E-state index in [9.17, 15) is 9.59 Å². The quantitative estimate of drug-likeness (QED) is 0.865. The lowest BCUT2D eigenvalue weighted by atomic mass is 10.1. The van der Waals surface area contributed by atoms with Gasteiger partial charge < -0.3 is 14.9 Å². The number of aryl methyl sites for hydroxylation is 1. The van der Waals surface area contributed by atoms with Gasteiger partial charge in [0.25, 0.3) is 0 Å². The molecule has 5 heteroatoms. The number of nitrogens with zero attached hydrogens (tertiary/aromatic N) is 2. The van der Waals surface area contributed by atoms with Gasteiger partial charge in [-0.15, -0.1) is 0 Å². The second kappa shape index (κ2) is 5.84. The third-order valence-corrected chi connectivity index (χ3v) is 3.31. The molecule has 0 aromatic heterocycles. The minimum atomic E-state index is -0.176. The van der Waals surface area contributed by atoms with Gasteiger partial charge in [0.2, 0.25) is 11.8 Å². The van der Waals surface area contributed by atoms with Crippen molar-refractivity contribution in [2.24, 2.45) is 0 Å². The first kappa shape index (κ1) is 13.5. The van der Waals surface area contributed by atoms with E-state index >= 15 is 0 Å². The molecule has 2 amide bonds. The Labute approximate surface area is 112 Å². The molecular formula is C14H18N2O3. The van der Waals surface area contributed by atoms with Crippen LogP contribution in [-0.4, -0.2) is 48.1 Å². The maximum atomic E-state index is 12.1. The molecule has 1 aliphatic heterocycles. The summed E-state index contributed by atoms with van der Waals surface area (Å²) in [6, 6.07) is 7.72. The van der Waals surface area contributed by atoms with Gasteiger partial charge in [0.05, 0.1) is 6.61 Å². The molecule has 2 rings (SSSR count). The maximum Gasteiger partial charge on any atom is 0.246 e. The molecule has 0 atom stereocenters. The van der Waals surface area contributed by atoms with Gasteiger partial charge in [-0.3, -0.25) is 9.59 Å². The molecule has 1 aliphatic rings. The highest BCUT2D eigenvalue weighted by atomic mass is 16.3. The average Bonchev–Trinajstić information content (AvgIpc) is 2.40. The highest BCUT2D eigenvalue weighted by Crippen LogP contribution is 2.21. The predicted octanol–water partition coefficient (Wildman–Crippen LogP) is 0.553. The van der Waals surface area contributed by atoms with E-state index < -0.39 is 0 Å². The lowest BCUT2D eigenvalue weighted by Crippen LogP contribution is -2.52. The molecule has 102 valence electrons. The summed E-state index contributed by atoms with van der Waals surface area (Å²) in [7, 11) is 0. The molecule has 1 fully saturated rings. The Morgan fingerprint density at radius 1 is 1.32 bits per heavy atom. The molecule has 1 aromatic carbocycles. The van der Waals surface area contributed by atoms with E-state index in [1.54, 1.807) is 4.90 Å². The Morgan fingerprint density at radius 2 is 2.05 bits per heavy atom. The van der Waals surface area contributed by atoms with Crippen molar-refractivity contribution >= 4 is 17.5 Å². The van der Waals surface area contributed by atoms with Crippen LogP contribution >= 0.6 is 0 Å². The monoisotopic (exact) mass is 262 g/mol. The van der Waals surface area contributed by atoms with E-state index in [4.69, 9.17) is 5.11 Å². The van der Waals surface area contributed by atoms with Crippen LogP contribution in [0.3, 0.4) is 0 Å². The molecule has 0 radical (unpaired) electrons.